The Hall–Kier alpha value is -0.980. The highest BCUT2D eigenvalue weighted by molar-refractivity contribution is 5.54. The predicted molar refractivity (Wildman–Crippen MR) is 68.7 cm³/mol. The van der Waals surface area contributed by atoms with E-state index in [9.17, 15) is 0 Å². The van der Waals surface area contributed by atoms with Gasteiger partial charge in [0.05, 0.1) is 0 Å². The maximum atomic E-state index is 2.49. The summed E-state index contributed by atoms with van der Waals surface area (Å²) in [5.41, 5.74) is 4.16. The summed E-state index contributed by atoms with van der Waals surface area (Å²) in [5, 5.41) is 0. The average Bonchev–Trinajstić information content (AvgIpc) is 2.17. The maximum Gasteiger partial charge on any atom is 0.0396 e. The molecule has 1 aromatic carbocycles. The van der Waals surface area contributed by atoms with Crippen LogP contribution in [0.4, 0.5) is 5.69 Å². The first kappa shape index (κ1) is 12.1. The standard InChI is InChI=1S/C14H23N/c1-5-9-15(10-6-2)14-8-7-12(3)11-13(14)4/h7-8,11H,5-6,9-10H2,1-4H3. The first-order chi connectivity index (χ1) is 7.19. The SMILES string of the molecule is CCCN(CCC)c1ccc(C)cc1C. The van der Waals surface area contributed by atoms with Crippen LogP contribution in [0.25, 0.3) is 0 Å². The van der Waals surface area contributed by atoms with Crippen LogP contribution in [0, 0.1) is 13.8 Å². The van der Waals surface area contributed by atoms with Gasteiger partial charge in [0.15, 0.2) is 0 Å². The minimum atomic E-state index is 1.16. The number of benzene rings is 1. The Morgan fingerprint density at radius 2 is 1.60 bits per heavy atom. The summed E-state index contributed by atoms with van der Waals surface area (Å²) in [6.45, 7) is 11.2. The minimum Gasteiger partial charge on any atom is -0.371 e. The summed E-state index contributed by atoms with van der Waals surface area (Å²) >= 11 is 0. The molecule has 0 aromatic heterocycles. The summed E-state index contributed by atoms with van der Waals surface area (Å²) in [6.07, 6.45) is 2.43. The van der Waals surface area contributed by atoms with E-state index in [1.807, 2.05) is 0 Å². The van der Waals surface area contributed by atoms with Crippen LogP contribution < -0.4 is 4.90 Å². The Bertz CT molecular complexity index is 298. The van der Waals surface area contributed by atoms with Crippen molar-refractivity contribution in [1.82, 2.24) is 0 Å². The van der Waals surface area contributed by atoms with Crippen molar-refractivity contribution >= 4 is 5.69 Å². The van der Waals surface area contributed by atoms with Crippen LogP contribution in [-0.2, 0) is 0 Å². The zero-order chi connectivity index (χ0) is 11.3. The molecule has 0 atom stereocenters. The lowest BCUT2D eigenvalue weighted by Crippen LogP contribution is -2.25. The van der Waals surface area contributed by atoms with Gasteiger partial charge in [-0.1, -0.05) is 31.5 Å². The van der Waals surface area contributed by atoms with Crippen LogP contribution in [0.1, 0.15) is 37.8 Å². The van der Waals surface area contributed by atoms with Gasteiger partial charge in [0, 0.05) is 18.8 Å². The van der Waals surface area contributed by atoms with Crippen molar-refractivity contribution in [2.75, 3.05) is 18.0 Å². The molecule has 84 valence electrons. The summed E-state index contributed by atoms with van der Waals surface area (Å²) in [6, 6.07) is 6.74. The Labute approximate surface area is 94.1 Å². The smallest absolute Gasteiger partial charge is 0.0396 e. The van der Waals surface area contributed by atoms with Crippen molar-refractivity contribution in [3.63, 3.8) is 0 Å². The maximum absolute atomic E-state index is 2.49. The third-order valence-corrected chi connectivity index (χ3v) is 2.68. The lowest BCUT2D eigenvalue weighted by Gasteiger charge is -2.25. The van der Waals surface area contributed by atoms with Gasteiger partial charge in [0.2, 0.25) is 0 Å². The number of aryl methyl sites for hydroxylation is 2. The molecule has 1 heteroatoms. The van der Waals surface area contributed by atoms with Crippen LogP contribution in [0.15, 0.2) is 18.2 Å². The van der Waals surface area contributed by atoms with Crippen LogP contribution in [-0.4, -0.2) is 13.1 Å². The molecule has 0 saturated heterocycles. The molecule has 0 amide bonds. The van der Waals surface area contributed by atoms with Gasteiger partial charge in [-0.05, 0) is 38.3 Å². The zero-order valence-electron chi connectivity index (χ0n) is 10.5. The predicted octanol–water partition coefficient (Wildman–Crippen LogP) is 3.93. The molecular formula is C14H23N. The van der Waals surface area contributed by atoms with Gasteiger partial charge in [-0.25, -0.2) is 0 Å². The van der Waals surface area contributed by atoms with E-state index < -0.39 is 0 Å². The molecule has 1 nitrogen and oxygen atoms in total. The molecule has 1 aromatic rings. The molecule has 0 aliphatic rings. The Morgan fingerprint density at radius 3 is 2.07 bits per heavy atom. The van der Waals surface area contributed by atoms with Crippen molar-refractivity contribution in [3.8, 4) is 0 Å². The van der Waals surface area contributed by atoms with Gasteiger partial charge in [-0.3, -0.25) is 0 Å². The Morgan fingerprint density at radius 1 is 1.00 bits per heavy atom. The van der Waals surface area contributed by atoms with Crippen molar-refractivity contribution in [2.45, 2.75) is 40.5 Å². The normalized spacial score (nSPS) is 10.4. The van der Waals surface area contributed by atoms with Crippen LogP contribution in [0.3, 0.4) is 0 Å². The fourth-order valence-electron chi connectivity index (χ4n) is 2.05. The monoisotopic (exact) mass is 205 g/mol. The van der Waals surface area contributed by atoms with Crippen LogP contribution in [0.5, 0.6) is 0 Å². The lowest BCUT2D eigenvalue weighted by atomic mass is 10.1. The molecule has 0 aliphatic heterocycles. The lowest BCUT2D eigenvalue weighted by molar-refractivity contribution is 0.742. The number of nitrogens with zero attached hydrogens (tertiary/aromatic N) is 1. The van der Waals surface area contributed by atoms with E-state index >= 15 is 0 Å². The molecule has 15 heavy (non-hydrogen) atoms. The van der Waals surface area contributed by atoms with E-state index in [0.29, 0.717) is 0 Å². The largest absolute Gasteiger partial charge is 0.371 e. The highest BCUT2D eigenvalue weighted by Crippen LogP contribution is 2.21. The van der Waals surface area contributed by atoms with Gasteiger partial charge in [-0.2, -0.15) is 0 Å². The second-order valence-corrected chi connectivity index (χ2v) is 4.28. The van der Waals surface area contributed by atoms with E-state index in [2.05, 4.69) is 50.8 Å². The molecule has 0 heterocycles. The molecule has 1 rings (SSSR count). The molecule has 0 spiro atoms. The molecule has 0 bridgehead atoms. The van der Waals surface area contributed by atoms with Gasteiger partial charge in [0.25, 0.3) is 0 Å². The van der Waals surface area contributed by atoms with E-state index in [4.69, 9.17) is 0 Å². The van der Waals surface area contributed by atoms with Crippen molar-refractivity contribution < 1.29 is 0 Å². The third kappa shape index (κ3) is 3.26. The molecular weight excluding hydrogens is 182 g/mol. The molecule has 0 radical (unpaired) electrons. The average molecular weight is 205 g/mol. The number of anilines is 1. The highest BCUT2D eigenvalue weighted by atomic mass is 15.1. The van der Waals surface area contributed by atoms with Gasteiger partial charge >= 0.3 is 0 Å². The highest BCUT2D eigenvalue weighted by Gasteiger charge is 2.06. The van der Waals surface area contributed by atoms with E-state index in [0.717, 1.165) is 13.1 Å². The first-order valence-corrected chi connectivity index (χ1v) is 6.01. The summed E-state index contributed by atoms with van der Waals surface area (Å²) in [4.78, 5) is 2.49. The summed E-state index contributed by atoms with van der Waals surface area (Å²) in [5.74, 6) is 0. The third-order valence-electron chi connectivity index (χ3n) is 2.68. The Kier molecular flexibility index (Phi) is 4.67. The van der Waals surface area contributed by atoms with Gasteiger partial charge < -0.3 is 4.90 Å². The van der Waals surface area contributed by atoms with E-state index in [-0.39, 0.29) is 0 Å². The molecule has 0 unspecified atom stereocenters. The molecule has 0 N–H and O–H groups in total. The van der Waals surface area contributed by atoms with Gasteiger partial charge in [0.1, 0.15) is 0 Å². The van der Waals surface area contributed by atoms with Crippen molar-refractivity contribution in [3.05, 3.63) is 29.3 Å². The second-order valence-electron chi connectivity index (χ2n) is 4.28. The number of rotatable bonds is 5. The van der Waals surface area contributed by atoms with Crippen LogP contribution >= 0.6 is 0 Å². The summed E-state index contributed by atoms with van der Waals surface area (Å²) < 4.78 is 0. The van der Waals surface area contributed by atoms with Gasteiger partial charge in [-0.15, -0.1) is 0 Å². The molecule has 0 fully saturated rings. The fraction of sp³-hybridized carbons (Fsp3) is 0.571. The van der Waals surface area contributed by atoms with E-state index in [1.165, 1.54) is 29.7 Å². The topological polar surface area (TPSA) is 3.24 Å². The number of hydrogen-bond acceptors (Lipinski definition) is 1. The number of hydrogen-bond donors (Lipinski definition) is 0. The van der Waals surface area contributed by atoms with Crippen molar-refractivity contribution in [2.24, 2.45) is 0 Å². The molecule has 0 saturated carbocycles. The second kappa shape index (κ2) is 5.79. The Balaban J connectivity index is 2.89. The summed E-state index contributed by atoms with van der Waals surface area (Å²) in [7, 11) is 0. The van der Waals surface area contributed by atoms with E-state index in [1.54, 1.807) is 0 Å². The molecule has 0 aliphatic carbocycles. The zero-order valence-corrected chi connectivity index (χ0v) is 10.5. The quantitative estimate of drug-likeness (QED) is 0.704. The fourth-order valence-corrected chi connectivity index (χ4v) is 2.05. The minimum absolute atomic E-state index is 1.16. The van der Waals surface area contributed by atoms with Crippen molar-refractivity contribution in [1.29, 1.82) is 0 Å². The van der Waals surface area contributed by atoms with Crippen LogP contribution in [0.2, 0.25) is 0 Å². The first-order valence-electron chi connectivity index (χ1n) is 6.01.